The Balaban J connectivity index is 1.92. The number of aliphatic imine (C=N–C) groups is 1. The van der Waals surface area contributed by atoms with Gasteiger partial charge in [-0.15, -0.1) is 0 Å². The molecule has 0 radical (unpaired) electrons. The lowest BCUT2D eigenvalue weighted by atomic mass is 9.90. The number of ketones is 1. The maximum Gasteiger partial charge on any atom is 0.183 e. The monoisotopic (exact) mass is 357 g/mol. The maximum atomic E-state index is 14.4. The Morgan fingerprint density at radius 2 is 2.16 bits per heavy atom. The van der Waals surface area contributed by atoms with Crippen molar-refractivity contribution in [3.63, 3.8) is 0 Å². The van der Waals surface area contributed by atoms with Crippen LogP contribution in [0.4, 0.5) is 4.39 Å². The zero-order valence-electron chi connectivity index (χ0n) is 14.4. The number of hydrogen-bond donors (Lipinski definition) is 1. The lowest BCUT2D eigenvalue weighted by Crippen LogP contribution is -2.25. The molecule has 0 saturated heterocycles. The van der Waals surface area contributed by atoms with Gasteiger partial charge in [-0.3, -0.25) is 4.79 Å². The lowest BCUT2D eigenvalue weighted by molar-refractivity contribution is 0.0985. The molecule has 4 nitrogen and oxygen atoms in total. The average Bonchev–Trinajstić information content (AvgIpc) is 2.87. The van der Waals surface area contributed by atoms with Gasteiger partial charge in [-0.1, -0.05) is 17.8 Å². The predicted octanol–water partition coefficient (Wildman–Crippen LogP) is 3.69. The van der Waals surface area contributed by atoms with E-state index in [0.29, 0.717) is 16.4 Å². The fourth-order valence-electron chi connectivity index (χ4n) is 3.03. The number of carbonyl (C=O) groups excluding carboxylic acids is 1. The van der Waals surface area contributed by atoms with Crippen LogP contribution in [0, 0.1) is 12.7 Å². The van der Waals surface area contributed by atoms with Gasteiger partial charge in [-0.05, 0) is 54.7 Å². The summed E-state index contributed by atoms with van der Waals surface area (Å²) in [5.41, 5.74) is 7.78. The molecular weight excluding hydrogens is 337 g/mol. The van der Waals surface area contributed by atoms with Gasteiger partial charge in [0.05, 0.1) is 5.69 Å². The summed E-state index contributed by atoms with van der Waals surface area (Å²) in [4.78, 5) is 17.0. The third-order valence-electron chi connectivity index (χ3n) is 4.29. The maximum absolute atomic E-state index is 14.4. The number of aromatic nitrogens is 1. The fraction of sp³-hybridized carbons (Fsp3) is 0.263. The van der Waals surface area contributed by atoms with Crippen LogP contribution in [0.25, 0.3) is 0 Å². The number of Topliss-reactive ketones (excluding diaryl/α,β-unsaturated/α-hetero) is 1. The summed E-state index contributed by atoms with van der Waals surface area (Å²) >= 11 is 1.30. The lowest BCUT2D eigenvalue weighted by Gasteiger charge is -2.26. The van der Waals surface area contributed by atoms with Crippen LogP contribution in [-0.2, 0) is 19.0 Å². The smallest absolute Gasteiger partial charge is 0.183 e. The Kier molecular flexibility index (Phi) is 4.56. The van der Waals surface area contributed by atoms with Crippen molar-refractivity contribution in [1.29, 1.82) is 0 Å². The van der Waals surface area contributed by atoms with E-state index in [-0.39, 0.29) is 18.0 Å². The van der Waals surface area contributed by atoms with E-state index in [1.807, 2.05) is 42.3 Å². The van der Waals surface area contributed by atoms with Crippen molar-refractivity contribution in [2.24, 2.45) is 17.8 Å². The zero-order chi connectivity index (χ0) is 18.2. The molecule has 1 aliphatic rings. The molecule has 2 aromatic rings. The number of thioether (sulfide) groups is 1. The number of nitrogens with two attached hydrogens (primary N) is 1. The summed E-state index contributed by atoms with van der Waals surface area (Å²) in [5.74, 6) is -0.363. The Morgan fingerprint density at radius 3 is 2.80 bits per heavy atom. The van der Waals surface area contributed by atoms with Crippen LogP contribution in [0.1, 0.15) is 34.1 Å². The highest BCUT2D eigenvalue weighted by atomic mass is 32.2. The summed E-state index contributed by atoms with van der Waals surface area (Å²) in [7, 11) is 1.85. The van der Waals surface area contributed by atoms with Crippen molar-refractivity contribution in [2.45, 2.75) is 25.8 Å². The largest absolute Gasteiger partial charge is 0.378 e. The number of nitrogens with zero attached hydrogens (tertiary/aromatic N) is 2. The molecule has 1 aliphatic heterocycles. The van der Waals surface area contributed by atoms with Crippen LogP contribution in [0.5, 0.6) is 0 Å². The number of hydrogen-bond acceptors (Lipinski definition) is 4. The average molecular weight is 357 g/mol. The first-order valence-electron chi connectivity index (χ1n) is 7.93. The molecule has 1 aromatic carbocycles. The minimum absolute atomic E-state index is 0.00364. The molecule has 0 aliphatic carbocycles. The highest BCUT2D eigenvalue weighted by molar-refractivity contribution is 8.16. The normalized spacial score (nSPS) is 19.8. The summed E-state index contributed by atoms with van der Waals surface area (Å²) < 4.78 is 16.2. The van der Waals surface area contributed by atoms with E-state index in [0.717, 1.165) is 11.1 Å². The number of carbonyl (C=O) groups is 1. The van der Waals surface area contributed by atoms with Crippen molar-refractivity contribution in [3.05, 3.63) is 70.1 Å². The van der Waals surface area contributed by atoms with Gasteiger partial charge < -0.3 is 10.3 Å². The van der Waals surface area contributed by atoms with Crippen molar-refractivity contribution in [2.75, 3.05) is 0 Å². The van der Waals surface area contributed by atoms with Gasteiger partial charge >= 0.3 is 0 Å². The van der Waals surface area contributed by atoms with E-state index in [2.05, 4.69) is 4.99 Å². The zero-order valence-corrected chi connectivity index (χ0v) is 15.2. The molecule has 6 heteroatoms. The molecule has 0 unspecified atom stereocenters. The second-order valence-electron chi connectivity index (χ2n) is 6.45. The molecule has 130 valence electrons. The van der Waals surface area contributed by atoms with Crippen LogP contribution in [-0.4, -0.2) is 15.5 Å². The molecule has 3 rings (SSSR count). The number of benzene rings is 1. The molecule has 1 aromatic heterocycles. The van der Waals surface area contributed by atoms with Gasteiger partial charge in [0, 0.05) is 25.2 Å². The van der Waals surface area contributed by atoms with Crippen LogP contribution < -0.4 is 5.73 Å². The van der Waals surface area contributed by atoms with Crippen LogP contribution >= 0.6 is 11.8 Å². The summed E-state index contributed by atoms with van der Waals surface area (Å²) in [6.45, 7) is 3.75. The van der Waals surface area contributed by atoms with E-state index in [4.69, 9.17) is 5.73 Å². The van der Waals surface area contributed by atoms with Gasteiger partial charge in [0.1, 0.15) is 11.4 Å². The van der Waals surface area contributed by atoms with Crippen molar-refractivity contribution >= 4 is 22.7 Å². The second kappa shape index (κ2) is 6.52. The van der Waals surface area contributed by atoms with Crippen LogP contribution in [0.2, 0.25) is 0 Å². The van der Waals surface area contributed by atoms with E-state index in [1.165, 1.54) is 17.8 Å². The first-order chi connectivity index (χ1) is 11.8. The van der Waals surface area contributed by atoms with Gasteiger partial charge in [0.15, 0.2) is 11.0 Å². The second-order valence-corrected chi connectivity index (χ2v) is 7.37. The standard InChI is InChI=1S/C19H20FN3OS/c1-12-8-16(23(3)11-12)17(24)10-13-4-5-15(20)14(9-13)19(2)6-7-25-18(21)22-19/h4-9,11H,10H2,1-3H3,(H2,21,22)/t19-/m0/s1. The number of halogens is 1. The van der Waals surface area contributed by atoms with E-state index >= 15 is 0 Å². The third kappa shape index (κ3) is 3.54. The molecule has 25 heavy (non-hydrogen) atoms. The van der Waals surface area contributed by atoms with Crippen LogP contribution in [0.15, 0.2) is 46.9 Å². The topological polar surface area (TPSA) is 60.4 Å². The predicted molar refractivity (Wildman–Crippen MR) is 100 cm³/mol. The molecule has 2 heterocycles. The molecule has 0 bridgehead atoms. The Labute approximate surface area is 150 Å². The molecule has 0 fully saturated rings. The fourth-order valence-corrected chi connectivity index (χ4v) is 3.75. The Morgan fingerprint density at radius 1 is 1.40 bits per heavy atom. The van der Waals surface area contributed by atoms with Gasteiger partial charge in [0.25, 0.3) is 0 Å². The SMILES string of the molecule is Cc1cc(C(=O)Cc2ccc(F)c([C@]3(C)C=CSC(N)=N3)c2)n(C)c1. The van der Waals surface area contributed by atoms with Crippen LogP contribution in [0.3, 0.4) is 0 Å². The summed E-state index contributed by atoms with van der Waals surface area (Å²) in [6, 6.07) is 6.60. The summed E-state index contributed by atoms with van der Waals surface area (Å²) in [5, 5.41) is 2.21. The summed E-state index contributed by atoms with van der Waals surface area (Å²) in [6.07, 6.45) is 3.93. The number of rotatable bonds is 4. The highest BCUT2D eigenvalue weighted by Gasteiger charge is 2.29. The molecular formula is C19H20FN3OS. The molecule has 0 amide bonds. The van der Waals surface area contributed by atoms with E-state index in [1.54, 1.807) is 19.1 Å². The van der Waals surface area contributed by atoms with Crippen molar-refractivity contribution in [1.82, 2.24) is 4.57 Å². The third-order valence-corrected chi connectivity index (χ3v) is 4.90. The highest BCUT2D eigenvalue weighted by Crippen LogP contribution is 2.34. The van der Waals surface area contributed by atoms with Crippen molar-refractivity contribution in [3.8, 4) is 0 Å². The minimum atomic E-state index is -0.861. The van der Waals surface area contributed by atoms with Gasteiger partial charge in [-0.25, -0.2) is 9.38 Å². The quantitative estimate of drug-likeness (QED) is 0.849. The molecule has 1 atom stereocenters. The van der Waals surface area contributed by atoms with Crippen molar-refractivity contribution < 1.29 is 9.18 Å². The number of amidine groups is 1. The Hall–Kier alpha value is -2.34. The first kappa shape index (κ1) is 17.5. The molecule has 0 saturated carbocycles. The van der Waals surface area contributed by atoms with E-state index < -0.39 is 5.54 Å². The number of aryl methyl sites for hydroxylation is 2. The Bertz CT molecular complexity index is 900. The first-order valence-corrected chi connectivity index (χ1v) is 8.81. The van der Waals surface area contributed by atoms with Gasteiger partial charge in [-0.2, -0.15) is 0 Å². The molecule has 0 spiro atoms. The van der Waals surface area contributed by atoms with E-state index in [9.17, 15) is 9.18 Å². The molecule has 2 N–H and O–H groups in total. The van der Waals surface area contributed by atoms with Gasteiger partial charge in [0.2, 0.25) is 0 Å². The minimum Gasteiger partial charge on any atom is -0.378 e.